The number of rotatable bonds is 7. The number of hydrogen-bond acceptors (Lipinski definition) is 5. The van der Waals surface area contributed by atoms with Gasteiger partial charge in [-0.05, 0) is 69.2 Å². The van der Waals surface area contributed by atoms with Gasteiger partial charge in [-0.15, -0.1) is 0 Å². The first-order valence-electron chi connectivity index (χ1n) is 12.3. The van der Waals surface area contributed by atoms with Crippen LogP contribution in [0.1, 0.15) is 80.4 Å². The van der Waals surface area contributed by atoms with Crippen LogP contribution < -0.4 is 10.9 Å². The lowest BCUT2D eigenvalue weighted by molar-refractivity contribution is -0.144. The number of fused-ring (bicyclic) bond motifs is 1. The molecule has 1 saturated heterocycles. The minimum absolute atomic E-state index is 0.137. The standard InChI is InChI=1S/C25H39N3O4/c1-18(2)22(25(31)32-3)26-23(29)20-17-19-11-7-4-5-8-12-21(19)28(24(20)30)16-15-27-13-9-6-10-14-27/h17-18,22H,4-16H2,1-3H3,(H,26,29)/t22-/m1/s1. The van der Waals surface area contributed by atoms with E-state index in [1.807, 2.05) is 18.4 Å². The highest BCUT2D eigenvalue weighted by molar-refractivity contribution is 5.96. The first-order chi connectivity index (χ1) is 15.4. The largest absolute Gasteiger partial charge is 0.467 e. The van der Waals surface area contributed by atoms with E-state index >= 15 is 0 Å². The second kappa shape index (κ2) is 11.6. The van der Waals surface area contributed by atoms with Gasteiger partial charge in [0.1, 0.15) is 11.6 Å². The molecular formula is C25H39N3O4. The van der Waals surface area contributed by atoms with Gasteiger partial charge in [-0.2, -0.15) is 0 Å². The molecule has 1 aromatic rings. The van der Waals surface area contributed by atoms with Gasteiger partial charge in [0.2, 0.25) is 0 Å². The van der Waals surface area contributed by atoms with Crippen molar-refractivity contribution < 1.29 is 14.3 Å². The number of carbonyl (C=O) groups excluding carboxylic acids is 2. The van der Waals surface area contributed by atoms with Crippen molar-refractivity contribution in [3.05, 3.63) is 33.2 Å². The number of nitrogens with zero attached hydrogens (tertiary/aromatic N) is 2. The molecular weight excluding hydrogens is 406 g/mol. The van der Waals surface area contributed by atoms with Gasteiger partial charge in [-0.1, -0.05) is 33.1 Å². The average Bonchev–Trinajstić information content (AvgIpc) is 2.77. The van der Waals surface area contributed by atoms with Crippen molar-refractivity contribution >= 4 is 11.9 Å². The molecule has 0 spiro atoms. The summed E-state index contributed by atoms with van der Waals surface area (Å²) in [7, 11) is 1.31. The van der Waals surface area contributed by atoms with Crippen molar-refractivity contribution in [3.63, 3.8) is 0 Å². The van der Waals surface area contributed by atoms with Gasteiger partial charge in [0.25, 0.3) is 11.5 Å². The minimum Gasteiger partial charge on any atom is -0.467 e. The zero-order valence-corrected chi connectivity index (χ0v) is 20.0. The van der Waals surface area contributed by atoms with E-state index in [-0.39, 0.29) is 17.0 Å². The molecule has 0 saturated carbocycles. The lowest BCUT2D eigenvalue weighted by Crippen LogP contribution is -2.47. The predicted molar refractivity (Wildman–Crippen MR) is 125 cm³/mol. The maximum atomic E-state index is 13.5. The second-order valence-corrected chi connectivity index (χ2v) is 9.52. The van der Waals surface area contributed by atoms with Gasteiger partial charge in [0.05, 0.1) is 7.11 Å². The molecule has 7 heteroatoms. The zero-order valence-electron chi connectivity index (χ0n) is 20.0. The van der Waals surface area contributed by atoms with Crippen LogP contribution >= 0.6 is 0 Å². The predicted octanol–water partition coefficient (Wildman–Crippen LogP) is 2.92. The summed E-state index contributed by atoms with van der Waals surface area (Å²) in [6.45, 7) is 7.28. The molecule has 1 aliphatic carbocycles. The molecule has 1 fully saturated rings. The van der Waals surface area contributed by atoms with E-state index in [9.17, 15) is 14.4 Å². The highest BCUT2D eigenvalue weighted by Gasteiger charge is 2.28. The number of aromatic nitrogens is 1. The van der Waals surface area contributed by atoms with Crippen LogP contribution in [0.15, 0.2) is 10.9 Å². The van der Waals surface area contributed by atoms with E-state index in [0.717, 1.165) is 56.6 Å². The number of methoxy groups -OCH3 is 1. The summed E-state index contributed by atoms with van der Waals surface area (Å²) in [5.41, 5.74) is 2.09. The van der Waals surface area contributed by atoms with Crippen LogP contribution in [0.25, 0.3) is 0 Å². The Morgan fingerprint density at radius 2 is 1.66 bits per heavy atom. The normalized spacial score (nSPS) is 18.4. The second-order valence-electron chi connectivity index (χ2n) is 9.52. The van der Waals surface area contributed by atoms with Crippen LogP contribution in [0.4, 0.5) is 0 Å². The lowest BCUT2D eigenvalue weighted by Gasteiger charge is -2.28. The summed E-state index contributed by atoms with van der Waals surface area (Å²) >= 11 is 0. The van der Waals surface area contributed by atoms with E-state index in [1.54, 1.807) is 6.07 Å². The third kappa shape index (κ3) is 6.00. The summed E-state index contributed by atoms with van der Waals surface area (Å²) in [4.78, 5) is 41.2. The minimum atomic E-state index is -0.782. The Hall–Kier alpha value is -2.15. The molecule has 1 N–H and O–H groups in total. The Kier molecular flexibility index (Phi) is 8.91. The van der Waals surface area contributed by atoms with Gasteiger partial charge < -0.3 is 19.5 Å². The molecule has 32 heavy (non-hydrogen) atoms. The van der Waals surface area contributed by atoms with E-state index in [0.29, 0.717) is 6.54 Å². The molecule has 1 aliphatic heterocycles. The topological polar surface area (TPSA) is 80.6 Å². The number of hydrogen-bond donors (Lipinski definition) is 1. The summed E-state index contributed by atoms with van der Waals surface area (Å²) in [5.74, 6) is -1.13. The first kappa shape index (κ1) is 24.5. The quantitative estimate of drug-likeness (QED) is 0.653. The first-order valence-corrected chi connectivity index (χ1v) is 12.3. The Morgan fingerprint density at radius 3 is 2.31 bits per heavy atom. The van der Waals surface area contributed by atoms with Crippen LogP contribution in [0.5, 0.6) is 0 Å². The van der Waals surface area contributed by atoms with Crippen molar-refractivity contribution in [2.75, 3.05) is 26.7 Å². The van der Waals surface area contributed by atoms with Crippen molar-refractivity contribution in [2.24, 2.45) is 5.92 Å². The van der Waals surface area contributed by atoms with Crippen LogP contribution in [0.3, 0.4) is 0 Å². The number of nitrogens with one attached hydrogen (secondary N) is 1. The van der Waals surface area contributed by atoms with Gasteiger partial charge in [-0.3, -0.25) is 9.59 Å². The van der Waals surface area contributed by atoms with Crippen molar-refractivity contribution in [1.82, 2.24) is 14.8 Å². The molecule has 1 aromatic heterocycles. The fraction of sp³-hybridized carbons (Fsp3) is 0.720. The Bertz CT molecular complexity index is 855. The SMILES string of the molecule is COC(=O)[C@H](NC(=O)c1cc2c(n(CCN3CCCCC3)c1=O)CCCCCC2)C(C)C. The molecule has 0 bridgehead atoms. The molecule has 0 radical (unpaired) electrons. The van der Waals surface area contributed by atoms with Crippen LogP contribution in [-0.2, 0) is 28.9 Å². The highest BCUT2D eigenvalue weighted by atomic mass is 16.5. The highest BCUT2D eigenvalue weighted by Crippen LogP contribution is 2.21. The number of amides is 1. The molecule has 0 unspecified atom stereocenters. The van der Waals surface area contributed by atoms with Crippen molar-refractivity contribution in [3.8, 4) is 0 Å². The Morgan fingerprint density at radius 1 is 1.00 bits per heavy atom. The fourth-order valence-electron chi connectivity index (χ4n) is 4.90. The fourth-order valence-corrected chi connectivity index (χ4v) is 4.90. The molecule has 2 aliphatic rings. The number of piperidine rings is 1. The van der Waals surface area contributed by atoms with Crippen LogP contribution in [0.2, 0.25) is 0 Å². The number of esters is 1. The molecule has 1 amide bonds. The number of likely N-dealkylation sites (tertiary alicyclic amines) is 1. The van der Waals surface area contributed by atoms with E-state index < -0.39 is 17.9 Å². The summed E-state index contributed by atoms with van der Waals surface area (Å²) in [6.07, 6.45) is 9.93. The molecule has 0 aromatic carbocycles. The average molecular weight is 446 g/mol. The molecule has 2 heterocycles. The Balaban J connectivity index is 1.92. The zero-order chi connectivity index (χ0) is 23.1. The third-order valence-corrected chi connectivity index (χ3v) is 6.84. The molecule has 7 nitrogen and oxygen atoms in total. The molecule has 3 rings (SSSR count). The summed E-state index contributed by atoms with van der Waals surface area (Å²) < 4.78 is 6.70. The van der Waals surface area contributed by atoms with Gasteiger partial charge in [-0.25, -0.2) is 4.79 Å². The smallest absolute Gasteiger partial charge is 0.328 e. The van der Waals surface area contributed by atoms with Crippen LogP contribution in [-0.4, -0.2) is 54.1 Å². The van der Waals surface area contributed by atoms with E-state index in [4.69, 9.17) is 4.74 Å². The van der Waals surface area contributed by atoms with Crippen molar-refractivity contribution in [2.45, 2.75) is 84.2 Å². The number of aryl methyl sites for hydroxylation is 1. The van der Waals surface area contributed by atoms with Gasteiger partial charge >= 0.3 is 5.97 Å². The maximum absolute atomic E-state index is 13.5. The van der Waals surface area contributed by atoms with Crippen molar-refractivity contribution in [1.29, 1.82) is 0 Å². The Labute approximate surface area is 191 Å². The number of ether oxygens (including phenoxy) is 1. The van der Waals surface area contributed by atoms with E-state index in [2.05, 4.69) is 10.2 Å². The van der Waals surface area contributed by atoms with Gasteiger partial charge in [0.15, 0.2) is 0 Å². The summed E-state index contributed by atoms with van der Waals surface area (Å²) in [5, 5.41) is 2.75. The van der Waals surface area contributed by atoms with Gasteiger partial charge in [0, 0.05) is 18.8 Å². The maximum Gasteiger partial charge on any atom is 0.328 e. The molecule has 178 valence electrons. The van der Waals surface area contributed by atoms with E-state index in [1.165, 1.54) is 39.2 Å². The van der Waals surface area contributed by atoms with Crippen LogP contribution in [0, 0.1) is 5.92 Å². The summed E-state index contributed by atoms with van der Waals surface area (Å²) in [6, 6.07) is 1.00. The third-order valence-electron chi connectivity index (χ3n) is 6.84. The lowest BCUT2D eigenvalue weighted by atomic mass is 9.95. The monoisotopic (exact) mass is 445 g/mol. The molecule has 1 atom stereocenters. The number of pyridine rings is 1. The number of carbonyl (C=O) groups is 2.